The molecule has 120 valence electrons. The van der Waals surface area contributed by atoms with E-state index in [-0.39, 0.29) is 22.9 Å². The fraction of sp³-hybridized carbons (Fsp3) is 0.938. The molecule has 1 heterocycles. The second-order valence-electron chi connectivity index (χ2n) is 7.19. The predicted molar refractivity (Wildman–Crippen MR) is 85.3 cm³/mol. The highest BCUT2D eigenvalue weighted by atomic mass is 32.2. The van der Waals surface area contributed by atoms with Crippen molar-refractivity contribution in [3.8, 4) is 0 Å². The van der Waals surface area contributed by atoms with E-state index in [1.807, 2.05) is 11.8 Å². The van der Waals surface area contributed by atoms with Crippen molar-refractivity contribution >= 4 is 16.7 Å². The molecule has 1 amide bonds. The third-order valence-electron chi connectivity index (χ3n) is 5.75. The lowest BCUT2D eigenvalue weighted by Gasteiger charge is -2.30. The molecule has 0 aromatic rings. The van der Waals surface area contributed by atoms with E-state index in [1.54, 1.807) is 6.26 Å². The van der Waals surface area contributed by atoms with Crippen LogP contribution >= 0.6 is 0 Å². The smallest absolute Gasteiger partial charge is 0.244 e. The van der Waals surface area contributed by atoms with Crippen molar-refractivity contribution in [1.29, 1.82) is 0 Å². The lowest BCUT2D eigenvalue weighted by molar-refractivity contribution is -0.133. The minimum absolute atomic E-state index is 0.0520. The topological polar surface area (TPSA) is 49.4 Å². The average molecular weight is 312 g/mol. The van der Waals surface area contributed by atoms with Gasteiger partial charge >= 0.3 is 0 Å². The molecule has 1 aliphatic heterocycles. The van der Waals surface area contributed by atoms with Gasteiger partial charge in [0.05, 0.1) is 11.7 Å². The SMILES string of the molecule is CC(CN1C(=O)C2(CCCC2)NC1C1CCCC1)S(C)=O. The highest BCUT2D eigenvalue weighted by Crippen LogP contribution is 2.41. The van der Waals surface area contributed by atoms with Crippen molar-refractivity contribution in [2.75, 3.05) is 12.8 Å². The Labute approximate surface area is 130 Å². The summed E-state index contributed by atoms with van der Waals surface area (Å²) in [5.74, 6) is 0.876. The molecule has 0 aromatic carbocycles. The highest BCUT2D eigenvalue weighted by Gasteiger charge is 2.54. The molecule has 3 rings (SSSR count). The van der Waals surface area contributed by atoms with Crippen LogP contribution in [0.4, 0.5) is 0 Å². The minimum Gasteiger partial charge on any atom is -0.324 e. The van der Waals surface area contributed by atoms with E-state index < -0.39 is 10.8 Å². The molecule has 3 atom stereocenters. The highest BCUT2D eigenvalue weighted by molar-refractivity contribution is 7.84. The second kappa shape index (κ2) is 5.99. The van der Waals surface area contributed by atoms with Gasteiger partial charge in [0.25, 0.3) is 0 Å². The van der Waals surface area contributed by atoms with Crippen molar-refractivity contribution in [3.63, 3.8) is 0 Å². The number of rotatable bonds is 4. The number of hydrogen-bond donors (Lipinski definition) is 1. The summed E-state index contributed by atoms with van der Waals surface area (Å²) in [5, 5.41) is 3.78. The van der Waals surface area contributed by atoms with Gasteiger partial charge in [0.15, 0.2) is 0 Å². The van der Waals surface area contributed by atoms with E-state index in [0.717, 1.165) is 25.7 Å². The summed E-state index contributed by atoms with van der Waals surface area (Å²) in [6.45, 7) is 2.63. The molecule has 0 bridgehead atoms. The summed E-state index contributed by atoms with van der Waals surface area (Å²) in [5.41, 5.74) is -0.289. The molecule has 1 saturated heterocycles. The zero-order valence-electron chi connectivity index (χ0n) is 13.3. The number of nitrogens with zero attached hydrogens (tertiary/aromatic N) is 1. The summed E-state index contributed by atoms with van der Waals surface area (Å²) in [6.07, 6.45) is 11.2. The van der Waals surface area contributed by atoms with Crippen LogP contribution in [0.1, 0.15) is 58.3 Å². The third kappa shape index (κ3) is 2.79. The Kier molecular flexibility index (Phi) is 4.42. The Morgan fingerprint density at radius 2 is 1.90 bits per heavy atom. The molecule has 3 aliphatic rings. The van der Waals surface area contributed by atoms with Crippen LogP contribution in [0.15, 0.2) is 0 Å². The molecule has 2 aliphatic carbocycles. The molecule has 0 aromatic heterocycles. The molecule has 3 unspecified atom stereocenters. The third-order valence-corrected chi connectivity index (χ3v) is 7.04. The van der Waals surface area contributed by atoms with Crippen LogP contribution in [0.5, 0.6) is 0 Å². The number of carbonyl (C=O) groups is 1. The molecule has 5 heteroatoms. The fourth-order valence-corrected chi connectivity index (χ4v) is 4.76. The molecule has 1 spiro atoms. The Balaban J connectivity index is 1.81. The predicted octanol–water partition coefficient (Wildman–Crippen LogP) is 2.01. The molecular formula is C16H28N2O2S. The number of amides is 1. The zero-order valence-corrected chi connectivity index (χ0v) is 14.1. The Morgan fingerprint density at radius 1 is 1.29 bits per heavy atom. The first-order valence-electron chi connectivity index (χ1n) is 8.44. The van der Waals surface area contributed by atoms with E-state index in [9.17, 15) is 9.00 Å². The molecule has 21 heavy (non-hydrogen) atoms. The van der Waals surface area contributed by atoms with Gasteiger partial charge < -0.3 is 4.90 Å². The van der Waals surface area contributed by atoms with Gasteiger partial charge in [-0.2, -0.15) is 0 Å². The van der Waals surface area contributed by atoms with Crippen LogP contribution in [0.2, 0.25) is 0 Å². The monoisotopic (exact) mass is 312 g/mol. The molecule has 1 N–H and O–H groups in total. The quantitative estimate of drug-likeness (QED) is 0.864. The molecule has 0 radical (unpaired) electrons. The second-order valence-corrected chi connectivity index (χ2v) is 8.99. The summed E-state index contributed by atoms with van der Waals surface area (Å²) >= 11 is 0. The van der Waals surface area contributed by atoms with Gasteiger partial charge in [-0.25, -0.2) is 0 Å². The van der Waals surface area contributed by atoms with E-state index in [2.05, 4.69) is 5.32 Å². The Hall–Kier alpha value is -0.420. The molecule has 2 saturated carbocycles. The Morgan fingerprint density at radius 3 is 2.48 bits per heavy atom. The van der Waals surface area contributed by atoms with Crippen LogP contribution in [0.3, 0.4) is 0 Å². The van der Waals surface area contributed by atoms with Gasteiger partial charge in [0.1, 0.15) is 0 Å². The van der Waals surface area contributed by atoms with Crippen molar-refractivity contribution in [1.82, 2.24) is 10.2 Å². The van der Waals surface area contributed by atoms with Crippen LogP contribution in [0.25, 0.3) is 0 Å². The number of nitrogens with one attached hydrogen (secondary N) is 1. The summed E-state index contributed by atoms with van der Waals surface area (Å²) in [7, 11) is -0.872. The first-order valence-corrected chi connectivity index (χ1v) is 10.1. The standard InChI is InChI=1S/C16H28N2O2S/c1-12(21(2)20)11-18-14(13-7-3-4-8-13)17-16(15(18)19)9-5-6-10-16/h12-14,17H,3-11H2,1-2H3. The summed E-state index contributed by atoms with van der Waals surface area (Å²) < 4.78 is 11.7. The van der Waals surface area contributed by atoms with Crippen LogP contribution in [-0.2, 0) is 15.6 Å². The maximum absolute atomic E-state index is 13.0. The number of carbonyl (C=O) groups excluding carboxylic acids is 1. The summed E-state index contributed by atoms with van der Waals surface area (Å²) in [6, 6.07) is 0. The normalized spacial score (nSPS) is 32.2. The van der Waals surface area contributed by atoms with Crippen molar-refractivity contribution in [2.45, 2.75) is 75.2 Å². The van der Waals surface area contributed by atoms with Gasteiger partial charge in [0.2, 0.25) is 5.91 Å². The van der Waals surface area contributed by atoms with E-state index in [1.165, 1.54) is 25.7 Å². The van der Waals surface area contributed by atoms with Gasteiger partial charge in [-0.1, -0.05) is 25.7 Å². The van der Waals surface area contributed by atoms with Gasteiger partial charge in [-0.15, -0.1) is 0 Å². The lowest BCUT2D eigenvalue weighted by Crippen LogP contribution is -2.46. The zero-order chi connectivity index (χ0) is 15.0. The largest absolute Gasteiger partial charge is 0.324 e. The number of hydrogen-bond acceptors (Lipinski definition) is 3. The fourth-order valence-electron chi connectivity index (χ4n) is 4.38. The maximum atomic E-state index is 13.0. The molecular weight excluding hydrogens is 284 g/mol. The lowest BCUT2D eigenvalue weighted by atomic mass is 9.97. The van der Waals surface area contributed by atoms with Gasteiger partial charge in [-0.05, 0) is 38.5 Å². The Bertz CT molecular complexity index is 428. The van der Waals surface area contributed by atoms with E-state index >= 15 is 0 Å². The van der Waals surface area contributed by atoms with Crippen LogP contribution in [-0.4, -0.2) is 44.8 Å². The van der Waals surface area contributed by atoms with Gasteiger partial charge in [-0.3, -0.25) is 14.3 Å². The molecule has 3 fully saturated rings. The summed E-state index contributed by atoms with van der Waals surface area (Å²) in [4.78, 5) is 15.1. The molecule has 4 nitrogen and oxygen atoms in total. The van der Waals surface area contributed by atoms with Crippen molar-refractivity contribution in [3.05, 3.63) is 0 Å². The maximum Gasteiger partial charge on any atom is 0.244 e. The van der Waals surface area contributed by atoms with E-state index in [4.69, 9.17) is 0 Å². The van der Waals surface area contributed by atoms with Crippen LogP contribution in [0, 0.1) is 5.92 Å². The average Bonchev–Trinajstić information content (AvgIpc) is 3.16. The van der Waals surface area contributed by atoms with E-state index in [0.29, 0.717) is 12.5 Å². The van der Waals surface area contributed by atoms with Gasteiger partial charge in [0, 0.05) is 28.9 Å². The minimum atomic E-state index is -0.872. The first-order chi connectivity index (χ1) is 10.0. The first kappa shape index (κ1) is 15.5. The van der Waals surface area contributed by atoms with Crippen LogP contribution < -0.4 is 5.32 Å². The van der Waals surface area contributed by atoms with Crippen molar-refractivity contribution in [2.24, 2.45) is 5.92 Å². The van der Waals surface area contributed by atoms with Crippen molar-refractivity contribution < 1.29 is 9.00 Å².